The molecule has 0 radical (unpaired) electrons. The number of hydrogen-bond donors (Lipinski definition) is 0. The van der Waals surface area contributed by atoms with E-state index >= 15 is 9.59 Å². The van der Waals surface area contributed by atoms with Gasteiger partial charge in [-0.3, -0.25) is 25.0 Å². The Bertz CT molecular complexity index is 2570. The van der Waals surface area contributed by atoms with Gasteiger partial charge in [-0.15, -0.1) is 0 Å². The first-order chi connectivity index (χ1) is 32.0. The quantitative estimate of drug-likeness (QED) is 0.0204. The molecular formula is C51H56N3O11PSi. The second kappa shape index (κ2) is 20.2. The molecule has 1 aliphatic carbocycles. The normalized spacial score (nSPS) is 17.1. The lowest BCUT2D eigenvalue weighted by atomic mass is 9.79. The fourth-order valence-corrected chi connectivity index (χ4v) is 14.4. The largest absolute Gasteiger partial charge is 0.508 e. The van der Waals surface area contributed by atoms with Crippen molar-refractivity contribution in [3.8, 4) is 0 Å². The number of benzene rings is 5. The molecule has 0 N–H and O–H groups in total. The molecule has 1 heterocycles. The van der Waals surface area contributed by atoms with E-state index < -0.39 is 74.4 Å². The molecule has 16 heteroatoms. The third-order valence-corrected chi connectivity index (χ3v) is 21.9. The maximum atomic E-state index is 15.7. The Hall–Kier alpha value is -6.41. The maximum absolute atomic E-state index is 15.7. The number of carbonyl (C=O) groups excluding carboxylic acids is 3. The van der Waals surface area contributed by atoms with Gasteiger partial charge in [-0.1, -0.05) is 136 Å². The van der Waals surface area contributed by atoms with E-state index in [1.165, 1.54) is 41.3 Å². The van der Waals surface area contributed by atoms with Crippen LogP contribution in [0.25, 0.3) is 0 Å². The SMILES string of the molecule is CC(OC(=O)OCc1ccccc1[N+](=O)[O-])[C@H]1C(=O)N(C(C(=O)OCc2ccccc2[N+](=O)[O-])=P(c2ccccc2)(c2ccccc2)c2ccccc2)[C@@H]1CC(O[Si](C)(C)C(C)(C)C)C1CC1. The monoisotopic (exact) mass is 945 g/mol. The van der Waals surface area contributed by atoms with Crippen molar-refractivity contribution in [2.75, 3.05) is 0 Å². The first-order valence-corrected chi connectivity index (χ1v) is 27.0. The van der Waals surface area contributed by atoms with Crippen LogP contribution in [0, 0.1) is 32.1 Å². The van der Waals surface area contributed by atoms with E-state index in [9.17, 15) is 25.0 Å². The summed E-state index contributed by atoms with van der Waals surface area (Å²) >= 11 is 0. The summed E-state index contributed by atoms with van der Waals surface area (Å²) in [4.78, 5) is 68.9. The summed E-state index contributed by atoms with van der Waals surface area (Å²) in [5.74, 6) is -2.16. The standard InChI is InChI=1S/C51H56N3O11PSi/c1-35(64-50(57)63-34-38-21-17-19-29-43(38)54(60)61)46-44(32-45(36-30-31-36)65-67(5,6)51(2,3)4)52(47(46)55)48(49(56)62-33-37-20-16-18-28-42(37)53(58)59)66(39-22-10-7-11-23-39,40-24-12-8-13-25-40)41-26-14-9-15-27-41/h7-29,35-36,44-46H,30-34H2,1-6H3/t35?,44-,45?,46-/m1/s1. The summed E-state index contributed by atoms with van der Waals surface area (Å²) in [6.45, 7) is 8.10. The summed E-state index contributed by atoms with van der Waals surface area (Å²) < 4.78 is 24.7. The fraction of sp³-hybridized carbons (Fsp3) is 0.333. The molecule has 5 aromatic carbocycles. The predicted octanol–water partition coefficient (Wildman–Crippen LogP) is 9.43. The molecule has 2 fully saturated rings. The van der Waals surface area contributed by atoms with Gasteiger partial charge in [-0.2, -0.15) is 0 Å². The molecule has 14 nitrogen and oxygen atoms in total. The number of esters is 1. The number of likely N-dealkylation sites (tertiary alicyclic amines) is 1. The lowest BCUT2D eigenvalue weighted by Crippen LogP contribution is -2.69. The Morgan fingerprint density at radius 3 is 1.58 bits per heavy atom. The molecule has 5 aromatic rings. The van der Waals surface area contributed by atoms with Crippen molar-refractivity contribution < 1.29 is 42.9 Å². The fourth-order valence-electron chi connectivity index (χ4n) is 8.58. The molecule has 1 aliphatic heterocycles. The molecule has 350 valence electrons. The van der Waals surface area contributed by atoms with Gasteiger partial charge in [0.05, 0.1) is 32.9 Å². The van der Waals surface area contributed by atoms with E-state index in [0.29, 0.717) is 0 Å². The van der Waals surface area contributed by atoms with Crippen LogP contribution in [0.15, 0.2) is 140 Å². The molecule has 1 saturated heterocycles. The highest BCUT2D eigenvalue weighted by Crippen LogP contribution is 2.52. The minimum atomic E-state index is -3.44. The lowest BCUT2D eigenvalue weighted by Gasteiger charge is -2.52. The zero-order chi connectivity index (χ0) is 48.1. The van der Waals surface area contributed by atoms with Gasteiger partial charge in [-0.05, 0) is 78.3 Å². The van der Waals surface area contributed by atoms with Gasteiger partial charge in [0, 0.05) is 25.1 Å². The number of nitrogens with zero attached hydrogens (tertiary/aromatic N) is 3. The third-order valence-electron chi connectivity index (χ3n) is 13.2. The third kappa shape index (κ3) is 10.3. The molecule has 67 heavy (non-hydrogen) atoms. The molecule has 1 saturated carbocycles. The van der Waals surface area contributed by atoms with Crippen molar-refractivity contribution in [1.29, 1.82) is 0 Å². The van der Waals surface area contributed by atoms with Gasteiger partial charge >= 0.3 is 12.1 Å². The van der Waals surface area contributed by atoms with Crippen LogP contribution in [0.5, 0.6) is 0 Å². The van der Waals surface area contributed by atoms with Gasteiger partial charge in [0.1, 0.15) is 24.7 Å². The van der Waals surface area contributed by atoms with E-state index in [2.05, 4.69) is 33.9 Å². The molecule has 4 atom stereocenters. The van der Waals surface area contributed by atoms with Gasteiger partial charge in [-0.25, -0.2) is 9.59 Å². The Morgan fingerprint density at radius 1 is 0.716 bits per heavy atom. The minimum absolute atomic E-state index is 0.0639. The van der Waals surface area contributed by atoms with E-state index in [1.54, 1.807) is 19.1 Å². The number of para-hydroxylation sites is 2. The Kier molecular flexibility index (Phi) is 14.6. The highest BCUT2D eigenvalue weighted by atomic mass is 31.2. The van der Waals surface area contributed by atoms with Crippen molar-refractivity contribution in [1.82, 2.24) is 4.90 Å². The van der Waals surface area contributed by atoms with Gasteiger partial charge in [0.25, 0.3) is 11.4 Å². The highest BCUT2D eigenvalue weighted by Gasteiger charge is 2.58. The lowest BCUT2D eigenvalue weighted by molar-refractivity contribution is -0.386. The average molecular weight is 946 g/mol. The summed E-state index contributed by atoms with van der Waals surface area (Å²) in [7, 11) is -2.43. The zero-order valence-corrected chi connectivity index (χ0v) is 40.4. The van der Waals surface area contributed by atoms with Crippen LogP contribution in [-0.4, -0.2) is 64.8 Å². The Balaban J connectivity index is 1.41. The number of nitro groups is 2. The summed E-state index contributed by atoms with van der Waals surface area (Å²) in [5.41, 5.74) is -0.0445. The van der Waals surface area contributed by atoms with Crippen molar-refractivity contribution >= 4 is 65.9 Å². The Labute approximate surface area is 391 Å². The summed E-state index contributed by atoms with van der Waals surface area (Å²) in [5, 5.41) is 25.9. The average Bonchev–Trinajstić information content (AvgIpc) is 4.16. The van der Waals surface area contributed by atoms with E-state index in [0.717, 1.165) is 28.8 Å². The molecule has 0 bridgehead atoms. The van der Waals surface area contributed by atoms with E-state index in [-0.39, 0.29) is 51.4 Å². The Morgan fingerprint density at radius 2 is 1.15 bits per heavy atom. The van der Waals surface area contributed by atoms with Crippen molar-refractivity contribution in [3.63, 3.8) is 0 Å². The van der Waals surface area contributed by atoms with Crippen LogP contribution < -0.4 is 15.9 Å². The van der Waals surface area contributed by atoms with Gasteiger partial charge in [0.2, 0.25) is 5.91 Å². The van der Waals surface area contributed by atoms with Crippen molar-refractivity contribution in [2.24, 2.45) is 11.8 Å². The summed E-state index contributed by atoms with van der Waals surface area (Å²) in [6.07, 6.45) is -0.437. The number of hydrogen-bond acceptors (Lipinski definition) is 11. The molecule has 1 amide bonds. The number of ether oxygens (including phenoxy) is 3. The first-order valence-electron chi connectivity index (χ1n) is 22.3. The predicted molar refractivity (Wildman–Crippen MR) is 260 cm³/mol. The molecule has 0 aromatic heterocycles. The molecule has 7 rings (SSSR count). The number of β-lactam (4-membered cyclic amide) rings is 1. The molecule has 2 aliphatic rings. The van der Waals surface area contributed by atoms with Crippen LogP contribution >= 0.6 is 6.89 Å². The number of amides is 1. The van der Waals surface area contributed by atoms with Crippen LogP contribution in [0.4, 0.5) is 16.2 Å². The number of carbonyl (C=O) groups is 3. The maximum Gasteiger partial charge on any atom is 0.508 e. The van der Waals surface area contributed by atoms with Crippen LogP contribution in [0.1, 0.15) is 58.1 Å². The van der Waals surface area contributed by atoms with E-state index in [4.69, 9.17) is 18.6 Å². The van der Waals surface area contributed by atoms with Gasteiger partial charge < -0.3 is 23.5 Å². The molecule has 0 spiro atoms. The first kappa shape index (κ1) is 48.5. The van der Waals surface area contributed by atoms with Gasteiger partial charge in [0.15, 0.2) is 8.32 Å². The topological polar surface area (TPSA) is 178 Å². The van der Waals surface area contributed by atoms with Crippen molar-refractivity contribution in [2.45, 2.75) is 96.6 Å². The number of nitro benzene ring substituents is 2. The molecular weight excluding hydrogens is 890 g/mol. The minimum Gasteiger partial charge on any atom is -0.456 e. The van der Waals surface area contributed by atoms with E-state index in [1.807, 2.05) is 91.0 Å². The molecule has 2 unspecified atom stereocenters. The van der Waals surface area contributed by atoms with Crippen molar-refractivity contribution in [3.05, 3.63) is 171 Å². The number of rotatable bonds is 18. The summed E-state index contributed by atoms with van der Waals surface area (Å²) in [6, 6.07) is 39.7. The second-order valence-electron chi connectivity index (χ2n) is 18.5. The van der Waals surface area contributed by atoms with Crippen LogP contribution in [0.3, 0.4) is 0 Å². The van der Waals surface area contributed by atoms with Crippen LogP contribution in [0.2, 0.25) is 18.1 Å². The highest BCUT2D eigenvalue weighted by molar-refractivity contribution is 7.96. The van der Waals surface area contributed by atoms with Crippen LogP contribution in [-0.2, 0) is 41.4 Å². The zero-order valence-electron chi connectivity index (χ0n) is 38.5. The second-order valence-corrected chi connectivity index (χ2v) is 26.6. The smallest absolute Gasteiger partial charge is 0.456 e.